The van der Waals surface area contributed by atoms with Gasteiger partial charge in [0.15, 0.2) is 0 Å². The Labute approximate surface area is 131 Å². The van der Waals surface area contributed by atoms with E-state index in [1.807, 2.05) is 30.3 Å². The molecule has 22 heavy (non-hydrogen) atoms. The van der Waals surface area contributed by atoms with Gasteiger partial charge in [0.2, 0.25) is 10.0 Å². The van der Waals surface area contributed by atoms with Gasteiger partial charge in [-0.3, -0.25) is 4.79 Å². The lowest BCUT2D eigenvalue weighted by atomic mass is 10.0. The lowest BCUT2D eigenvalue weighted by Crippen LogP contribution is -2.42. The van der Waals surface area contributed by atoms with Crippen molar-refractivity contribution in [3.05, 3.63) is 35.9 Å². The van der Waals surface area contributed by atoms with Gasteiger partial charge < -0.3 is 9.84 Å². The van der Waals surface area contributed by atoms with E-state index in [2.05, 4.69) is 4.72 Å². The summed E-state index contributed by atoms with van der Waals surface area (Å²) in [6.07, 6.45) is 0.606. The maximum absolute atomic E-state index is 12.2. The molecule has 0 fully saturated rings. The van der Waals surface area contributed by atoms with E-state index in [-0.39, 0.29) is 19.4 Å². The fourth-order valence-corrected chi connectivity index (χ4v) is 3.29. The van der Waals surface area contributed by atoms with Crippen molar-refractivity contribution in [3.63, 3.8) is 0 Å². The van der Waals surface area contributed by atoms with E-state index in [0.29, 0.717) is 6.42 Å². The van der Waals surface area contributed by atoms with Crippen LogP contribution in [-0.2, 0) is 26.0 Å². The van der Waals surface area contributed by atoms with E-state index in [1.54, 1.807) is 6.92 Å². The molecule has 0 saturated carbocycles. The van der Waals surface area contributed by atoms with Gasteiger partial charge in [-0.1, -0.05) is 30.3 Å². The summed E-state index contributed by atoms with van der Waals surface area (Å²) in [5, 5.41) is 8.13. The second-order valence-corrected chi connectivity index (χ2v) is 7.38. The highest BCUT2D eigenvalue weighted by Crippen LogP contribution is 2.11. The van der Waals surface area contributed by atoms with Crippen molar-refractivity contribution >= 4 is 16.0 Å². The van der Waals surface area contributed by atoms with Crippen molar-refractivity contribution in [2.75, 3.05) is 13.7 Å². The molecule has 0 aliphatic carbocycles. The monoisotopic (exact) mass is 329 g/mol. The predicted octanol–water partition coefficient (Wildman–Crippen LogP) is 1.42. The molecule has 0 aliphatic rings. The van der Waals surface area contributed by atoms with Crippen LogP contribution >= 0.6 is 0 Å². The number of benzene rings is 1. The summed E-state index contributed by atoms with van der Waals surface area (Å²) >= 11 is 0. The van der Waals surface area contributed by atoms with Gasteiger partial charge in [0, 0.05) is 19.6 Å². The molecule has 124 valence electrons. The molecule has 7 heteroatoms. The zero-order chi connectivity index (χ0) is 16.6. The second-order valence-electron chi connectivity index (χ2n) is 5.25. The van der Waals surface area contributed by atoms with Gasteiger partial charge in [-0.05, 0) is 25.3 Å². The van der Waals surface area contributed by atoms with Crippen LogP contribution in [0.15, 0.2) is 30.3 Å². The Morgan fingerprint density at radius 2 is 1.95 bits per heavy atom. The summed E-state index contributed by atoms with van der Waals surface area (Å²) < 4.78 is 31.9. The largest absolute Gasteiger partial charge is 0.481 e. The Bertz CT molecular complexity index is 559. The van der Waals surface area contributed by atoms with E-state index in [0.717, 1.165) is 5.56 Å². The van der Waals surface area contributed by atoms with Crippen LogP contribution in [-0.4, -0.2) is 44.5 Å². The minimum atomic E-state index is -3.56. The van der Waals surface area contributed by atoms with Crippen LogP contribution in [0.3, 0.4) is 0 Å². The summed E-state index contributed by atoms with van der Waals surface area (Å²) in [5.41, 5.74) is 0.958. The molecule has 1 aromatic rings. The highest BCUT2D eigenvalue weighted by molar-refractivity contribution is 7.90. The lowest BCUT2D eigenvalue weighted by Gasteiger charge is -2.21. The van der Waals surface area contributed by atoms with E-state index in [4.69, 9.17) is 9.84 Å². The van der Waals surface area contributed by atoms with Gasteiger partial charge in [0.05, 0.1) is 11.9 Å². The Morgan fingerprint density at radius 3 is 2.50 bits per heavy atom. The molecule has 1 rings (SSSR count). The maximum Gasteiger partial charge on any atom is 0.303 e. The number of ether oxygens (including phenoxy) is 1. The molecule has 0 spiro atoms. The highest BCUT2D eigenvalue weighted by Gasteiger charge is 2.25. The average molecular weight is 329 g/mol. The molecule has 0 aliphatic heterocycles. The quantitative estimate of drug-likeness (QED) is 0.677. The number of carboxylic acid groups (broad SMARTS) is 1. The molecule has 0 saturated heterocycles. The molecular formula is C15H23NO5S. The number of hydrogen-bond acceptors (Lipinski definition) is 4. The topological polar surface area (TPSA) is 92.7 Å². The maximum atomic E-state index is 12.2. The van der Waals surface area contributed by atoms with Crippen LogP contribution in [0.5, 0.6) is 0 Å². The number of carbonyl (C=O) groups is 1. The fourth-order valence-electron chi connectivity index (χ4n) is 2.07. The zero-order valence-corrected chi connectivity index (χ0v) is 13.7. The summed E-state index contributed by atoms with van der Waals surface area (Å²) in [6, 6.07) is 8.93. The lowest BCUT2D eigenvalue weighted by molar-refractivity contribution is -0.137. The molecule has 0 heterocycles. The van der Waals surface area contributed by atoms with Crippen molar-refractivity contribution in [2.24, 2.45) is 0 Å². The Hall–Kier alpha value is -1.44. The smallest absolute Gasteiger partial charge is 0.303 e. The van der Waals surface area contributed by atoms with Crippen LogP contribution in [0.1, 0.15) is 25.3 Å². The zero-order valence-electron chi connectivity index (χ0n) is 12.9. The average Bonchev–Trinajstić information content (AvgIpc) is 2.46. The first-order chi connectivity index (χ1) is 10.3. The van der Waals surface area contributed by atoms with Crippen LogP contribution in [0.4, 0.5) is 0 Å². The summed E-state index contributed by atoms with van der Waals surface area (Å²) in [4.78, 5) is 10.8. The van der Waals surface area contributed by atoms with Crippen LogP contribution < -0.4 is 4.72 Å². The summed E-state index contributed by atoms with van der Waals surface area (Å²) in [6.45, 7) is 1.65. The van der Waals surface area contributed by atoms with Gasteiger partial charge >= 0.3 is 5.97 Å². The standard InChI is InChI=1S/C15H23NO5S/c1-12(11-21-2)22(19,20)16-14(8-9-15(17)18)10-13-6-4-3-5-7-13/h3-7,12,14,16H,8-11H2,1-2H3,(H,17,18). The molecule has 6 nitrogen and oxygen atoms in total. The Balaban J connectivity index is 2.79. The molecule has 0 radical (unpaired) electrons. The van der Waals surface area contributed by atoms with E-state index in [1.165, 1.54) is 7.11 Å². The normalized spacial score (nSPS) is 14.5. The Kier molecular flexibility index (Phi) is 7.50. The summed E-state index contributed by atoms with van der Waals surface area (Å²) in [7, 11) is -2.12. The van der Waals surface area contributed by atoms with Crippen molar-refractivity contribution in [2.45, 2.75) is 37.5 Å². The van der Waals surface area contributed by atoms with Crippen LogP contribution in [0.2, 0.25) is 0 Å². The van der Waals surface area contributed by atoms with Crippen molar-refractivity contribution in [3.8, 4) is 0 Å². The third-order valence-corrected chi connectivity index (χ3v) is 5.15. The van der Waals surface area contributed by atoms with E-state index in [9.17, 15) is 13.2 Å². The number of carboxylic acids is 1. The van der Waals surface area contributed by atoms with Crippen molar-refractivity contribution in [1.82, 2.24) is 4.72 Å². The van der Waals surface area contributed by atoms with Crippen LogP contribution in [0.25, 0.3) is 0 Å². The summed E-state index contributed by atoms with van der Waals surface area (Å²) in [5.74, 6) is -0.942. The molecule has 1 aromatic carbocycles. The second kappa shape index (κ2) is 8.87. The minimum Gasteiger partial charge on any atom is -0.481 e. The molecule has 0 amide bonds. The first-order valence-electron chi connectivity index (χ1n) is 7.11. The Morgan fingerprint density at radius 1 is 1.32 bits per heavy atom. The van der Waals surface area contributed by atoms with Gasteiger partial charge in [-0.25, -0.2) is 13.1 Å². The molecular weight excluding hydrogens is 306 g/mol. The van der Waals surface area contributed by atoms with Crippen molar-refractivity contribution < 1.29 is 23.1 Å². The number of sulfonamides is 1. The molecule has 0 bridgehead atoms. The molecule has 2 unspecified atom stereocenters. The minimum absolute atomic E-state index is 0.0846. The number of methoxy groups -OCH3 is 1. The number of rotatable bonds is 10. The predicted molar refractivity (Wildman–Crippen MR) is 84.2 cm³/mol. The van der Waals surface area contributed by atoms with Crippen LogP contribution in [0, 0.1) is 0 Å². The number of hydrogen-bond donors (Lipinski definition) is 2. The van der Waals surface area contributed by atoms with Crippen molar-refractivity contribution in [1.29, 1.82) is 0 Å². The number of nitrogens with one attached hydrogen (secondary N) is 1. The van der Waals surface area contributed by atoms with Gasteiger partial charge in [0.25, 0.3) is 0 Å². The third-order valence-electron chi connectivity index (χ3n) is 3.29. The molecule has 0 aromatic heterocycles. The number of aliphatic carboxylic acids is 1. The van der Waals surface area contributed by atoms with Gasteiger partial charge in [0.1, 0.15) is 0 Å². The van der Waals surface area contributed by atoms with Gasteiger partial charge in [-0.2, -0.15) is 0 Å². The third kappa shape index (κ3) is 6.55. The van der Waals surface area contributed by atoms with E-state index < -0.39 is 27.3 Å². The van der Waals surface area contributed by atoms with E-state index >= 15 is 0 Å². The first kappa shape index (κ1) is 18.6. The molecule has 2 N–H and O–H groups in total. The van der Waals surface area contributed by atoms with Gasteiger partial charge in [-0.15, -0.1) is 0 Å². The molecule has 2 atom stereocenters. The SMILES string of the molecule is COCC(C)S(=O)(=O)NC(CCC(=O)O)Cc1ccccc1. The first-order valence-corrected chi connectivity index (χ1v) is 8.65. The fraction of sp³-hybridized carbons (Fsp3) is 0.533. The highest BCUT2D eigenvalue weighted by atomic mass is 32.2.